The summed E-state index contributed by atoms with van der Waals surface area (Å²) in [7, 11) is 0. The van der Waals surface area contributed by atoms with Gasteiger partial charge in [-0.3, -0.25) is 0 Å². The van der Waals surface area contributed by atoms with E-state index in [9.17, 15) is 0 Å². The minimum absolute atomic E-state index is 0.305. The summed E-state index contributed by atoms with van der Waals surface area (Å²) in [6, 6.07) is 164. The van der Waals surface area contributed by atoms with Crippen LogP contribution in [0.1, 0.15) is 44.5 Å². The van der Waals surface area contributed by atoms with Gasteiger partial charge in [-0.15, -0.1) is 0 Å². The molecule has 22 rings (SSSR count). The van der Waals surface area contributed by atoms with Gasteiger partial charge in [-0.2, -0.15) is 0 Å². The monoisotopic (exact) mass is 1480 g/mol. The number of aromatic nitrogens is 1. The van der Waals surface area contributed by atoms with Crippen molar-refractivity contribution in [3.8, 4) is 66.8 Å². The van der Waals surface area contributed by atoms with Crippen molar-refractivity contribution in [3.63, 3.8) is 0 Å². The first kappa shape index (κ1) is 71.2. The van der Waals surface area contributed by atoms with E-state index in [-0.39, 0.29) is 10.8 Å². The lowest BCUT2D eigenvalue weighted by Crippen LogP contribution is -2.28. The van der Waals surface area contributed by atoms with Crippen molar-refractivity contribution in [2.75, 3.05) is 21.3 Å². The van der Waals surface area contributed by atoms with Gasteiger partial charge in [0.15, 0.2) is 0 Å². The van der Waals surface area contributed by atoms with Gasteiger partial charge in [0.2, 0.25) is 0 Å². The molecule has 18 aromatic carbocycles. The number of nitrogens with one attached hydrogen (secondary N) is 4. The molecule has 19 aromatic rings. The van der Waals surface area contributed by atoms with E-state index in [0.29, 0.717) is 0 Å². The molecule has 0 fully saturated rings. The maximum absolute atomic E-state index is 4.24. The second-order valence-electron chi connectivity index (χ2n) is 29.6. The summed E-state index contributed by atoms with van der Waals surface area (Å²) in [5.41, 5.74) is 32.9. The fourth-order valence-corrected chi connectivity index (χ4v) is 17.4. The number of nitrogens with zero attached hydrogens (tertiary/aromatic N) is 1. The molecule has 5 heteroatoms. The van der Waals surface area contributed by atoms with Crippen molar-refractivity contribution in [2.45, 2.75) is 10.8 Å². The van der Waals surface area contributed by atoms with Gasteiger partial charge in [-0.1, -0.05) is 364 Å². The van der Waals surface area contributed by atoms with Crippen LogP contribution in [-0.2, 0) is 10.8 Å². The molecule has 0 unspecified atom stereocenters. The van der Waals surface area contributed by atoms with Crippen LogP contribution in [0, 0.1) is 0 Å². The Kier molecular flexibility index (Phi) is 19.6. The van der Waals surface area contributed by atoms with E-state index in [0.717, 1.165) is 45.6 Å². The smallest absolute Gasteiger partial charge is 0.130 e. The third kappa shape index (κ3) is 13.9. The molecule has 5 nitrogen and oxygen atoms in total. The molecule has 4 N–H and O–H groups in total. The van der Waals surface area contributed by atoms with E-state index in [1.807, 2.05) is 36.4 Å². The molecule has 0 atom stereocenters. The van der Waals surface area contributed by atoms with Crippen LogP contribution in [0.3, 0.4) is 0 Å². The van der Waals surface area contributed by atoms with Crippen molar-refractivity contribution in [3.05, 3.63) is 512 Å². The van der Waals surface area contributed by atoms with E-state index >= 15 is 0 Å². The van der Waals surface area contributed by atoms with Crippen LogP contribution in [0.2, 0.25) is 0 Å². The summed E-state index contributed by atoms with van der Waals surface area (Å²) in [4.78, 5) is 4.24. The normalized spacial score (nSPS) is 12.3. The third-order valence-corrected chi connectivity index (χ3v) is 22.7. The first-order valence-electron chi connectivity index (χ1n) is 39.7. The minimum Gasteiger partial charge on any atom is -0.356 e. The lowest BCUT2D eigenvalue weighted by atomic mass is 9.67. The highest BCUT2D eigenvalue weighted by Gasteiger charge is 2.52. The molecule has 1 spiro atoms. The zero-order valence-corrected chi connectivity index (χ0v) is 63.9. The van der Waals surface area contributed by atoms with E-state index < -0.39 is 0 Å². The van der Waals surface area contributed by atoms with Gasteiger partial charge in [0.05, 0.1) is 10.8 Å². The second kappa shape index (κ2) is 31.9. The van der Waals surface area contributed by atoms with Crippen LogP contribution in [0.5, 0.6) is 0 Å². The highest BCUT2D eigenvalue weighted by atomic mass is 15.0. The van der Waals surface area contributed by atoms with Crippen molar-refractivity contribution in [2.24, 2.45) is 0 Å². The van der Waals surface area contributed by atoms with Gasteiger partial charge in [-0.05, 0) is 230 Å². The summed E-state index contributed by atoms with van der Waals surface area (Å²) in [5, 5.41) is 19.1. The van der Waals surface area contributed by atoms with Crippen molar-refractivity contribution in [1.29, 1.82) is 0 Å². The van der Waals surface area contributed by atoms with Gasteiger partial charge < -0.3 is 21.3 Å². The Morgan fingerprint density at radius 3 is 0.810 bits per heavy atom. The first-order chi connectivity index (χ1) is 57.5. The molecule has 550 valence electrons. The molecular weight excluding hydrogens is 1400 g/mol. The summed E-state index contributed by atoms with van der Waals surface area (Å²) >= 11 is 0. The lowest BCUT2D eigenvalue weighted by molar-refractivity contribution is 0.769. The Bertz CT molecular complexity index is 6290. The van der Waals surface area contributed by atoms with Gasteiger partial charge in [0, 0.05) is 46.0 Å². The Labute approximate surface area is 678 Å². The molecular formula is C111H81N5. The van der Waals surface area contributed by atoms with Crippen LogP contribution < -0.4 is 21.3 Å². The Hall–Kier alpha value is -15.2. The molecule has 0 radical (unpaired) electrons. The first-order valence-corrected chi connectivity index (χ1v) is 39.7. The van der Waals surface area contributed by atoms with Crippen molar-refractivity contribution < 1.29 is 0 Å². The van der Waals surface area contributed by atoms with E-state index in [2.05, 4.69) is 451 Å². The number of pyridine rings is 1. The number of fused-ring (bicyclic) bond motifs is 15. The highest BCUT2D eigenvalue weighted by molar-refractivity contribution is 5.97. The Morgan fingerprint density at radius 1 is 0.164 bits per heavy atom. The molecule has 116 heavy (non-hydrogen) atoms. The molecule has 3 aliphatic carbocycles. The largest absolute Gasteiger partial charge is 0.356 e. The van der Waals surface area contributed by atoms with Crippen molar-refractivity contribution >= 4 is 67.2 Å². The summed E-state index contributed by atoms with van der Waals surface area (Å²) in [5.74, 6) is 0.856. The molecule has 1 aromatic heterocycles. The van der Waals surface area contributed by atoms with E-state index in [1.54, 1.807) is 6.20 Å². The molecule has 0 saturated heterocycles. The Morgan fingerprint density at radius 2 is 0.431 bits per heavy atom. The average molecular weight is 1480 g/mol. The third-order valence-electron chi connectivity index (χ3n) is 22.7. The predicted octanol–water partition coefficient (Wildman–Crippen LogP) is 29.1. The number of hydrogen-bond donors (Lipinski definition) is 4. The van der Waals surface area contributed by atoms with E-state index in [4.69, 9.17) is 0 Å². The SMILES string of the molecule is c1ccc(-c2ccc(Nc3ccc(-c4ccccc4)cc3)cc2)cc1.c1ccc(-c2ccc(Nc3ccccn3)cc2)cc1.c1ccc(C2(c3ccccc3)c3ccccc3-c3ccc(Nc4ccc5ccccc5c4)cc32)cc1.c1ccc2c(c1)-c1ccccc1C21c2ccccc2-c2ccc(Nc3ccc4ccccc4c3)cc21. The fraction of sp³-hybridized carbons (Fsp3) is 0.0180. The maximum atomic E-state index is 4.24. The standard InChI is InChI=1S/C35H23N.C35H25N.C24H19N.C17H14N2/c1-2-10-24-21-25(18-17-23(24)9-1)36-26-19-20-30-29-13-5-8-16-33(29)35(34(30)22-26)31-14-6-3-11-27(31)28-12-4-7-15-32(28)35;1-3-13-27(14-4-1)35(28-15-5-2-6-16-28)33-18-10-9-17-31(33)32-22-21-30(24-34(32)35)36-29-20-19-25-11-7-8-12-26(25)23-29;1-3-7-19(8-4-1)21-11-15-23(16-12-21)25-24-17-13-22(14-18-24)20-9-5-2-6-10-20;1-2-6-14(7-3-1)15-9-11-16(12-10-15)19-17-8-4-5-13-18-17/h1-22,36H;1-24,36H;1-18,25H;1-13H,(H,18,19). The summed E-state index contributed by atoms with van der Waals surface area (Å²) in [6.07, 6.45) is 1.78. The Balaban J connectivity index is 0.000000106. The minimum atomic E-state index is -0.379. The second-order valence-corrected chi connectivity index (χ2v) is 29.6. The zero-order valence-electron chi connectivity index (χ0n) is 63.9. The molecule has 1 heterocycles. The topological polar surface area (TPSA) is 61.0 Å². The van der Waals surface area contributed by atoms with E-state index in [1.165, 1.54) is 133 Å². The van der Waals surface area contributed by atoms with Gasteiger partial charge in [-0.25, -0.2) is 4.98 Å². The number of anilines is 8. The fourth-order valence-electron chi connectivity index (χ4n) is 17.4. The average Bonchev–Trinajstić information content (AvgIpc) is 1.51. The summed E-state index contributed by atoms with van der Waals surface area (Å²) < 4.78 is 0. The molecule has 0 saturated carbocycles. The van der Waals surface area contributed by atoms with Gasteiger partial charge in [0.25, 0.3) is 0 Å². The van der Waals surface area contributed by atoms with Crippen LogP contribution in [0.4, 0.5) is 45.6 Å². The summed E-state index contributed by atoms with van der Waals surface area (Å²) in [6.45, 7) is 0. The number of benzene rings is 18. The molecule has 3 aliphatic rings. The van der Waals surface area contributed by atoms with Crippen LogP contribution in [0.15, 0.2) is 467 Å². The van der Waals surface area contributed by atoms with Crippen molar-refractivity contribution in [1.82, 2.24) is 4.98 Å². The quantitative estimate of drug-likeness (QED) is 0.0927. The number of hydrogen-bond acceptors (Lipinski definition) is 5. The van der Waals surface area contributed by atoms with Gasteiger partial charge in [0.1, 0.15) is 5.82 Å². The van der Waals surface area contributed by atoms with Gasteiger partial charge >= 0.3 is 0 Å². The lowest BCUT2D eigenvalue weighted by Gasteiger charge is -2.34. The maximum Gasteiger partial charge on any atom is 0.130 e. The zero-order chi connectivity index (χ0) is 77.5. The molecule has 0 amide bonds. The van der Waals surface area contributed by atoms with Crippen LogP contribution in [0.25, 0.3) is 88.3 Å². The highest BCUT2D eigenvalue weighted by Crippen LogP contribution is 2.63. The molecule has 0 aliphatic heterocycles. The number of rotatable bonds is 13. The van der Waals surface area contributed by atoms with Crippen LogP contribution in [-0.4, -0.2) is 4.98 Å². The predicted molar refractivity (Wildman–Crippen MR) is 487 cm³/mol. The molecule has 0 bridgehead atoms. The van der Waals surface area contributed by atoms with Crippen LogP contribution >= 0.6 is 0 Å².